The van der Waals surface area contributed by atoms with Crippen LogP contribution in [0.4, 0.5) is 0 Å². The summed E-state index contributed by atoms with van der Waals surface area (Å²) < 4.78 is 9.81. The second kappa shape index (κ2) is 10.6. The zero-order valence-electron chi connectivity index (χ0n) is 18.6. The van der Waals surface area contributed by atoms with E-state index in [4.69, 9.17) is 3.07 Å². The summed E-state index contributed by atoms with van der Waals surface area (Å²) in [5, 5.41) is 0. The molecule has 4 heteroatoms. The molecule has 1 aliphatic rings. The normalized spacial score (nSPS) is 12.6. The molecular weight excluding hydrogens is 479 g/mol. The number of hydrogen-bond donors (Lipinski definition) is 0. The summed E-state index contributed by atoms with van der Waals surface area (Å²) in [5.74, 6) is -0.309. The molecule has 0 aliphatic heterocycles. The minimum atomic E-state index is -3.10. The Labute approximate surface area is 185 Å². The molecule has 0 heterocycles. The molecule has 3 rings (SSSR count). The maximum atomic E-state index is 13.5. The van der Waals surface area contributed by atoms with Gasteiger partial charge in [-0.2, -0.15) is 0 Å². The van der Waals surface area contributed by atoms with Crippen LogP contribution in [0.2, 0.25) is 13.3 Å². The molecule has 0 fully saturated rings. The molecule has 0 saturated heterocycles. The first-order valence-corrected chi connectivity index (χ1v) is 18.8. The number of benzene rings is 2. The fourth-order valence-electron chi connectivity index (χ4n) is 4.52. The van der Waals surface area contributed by atoms with Gasteiger partial charge >= 0.3 is 186 Å². The molecule has 0 N–H and O–H groups in total. The Morgan fingerprint density at radius 2 is 1.30 bits per heavy atom. The van der Waals surface area contributed by atoms with Crippen LogP contribution in [-0.2, 0) is 3.07 Å². The van der Waals surface area contributed by atoms with Crippen LogP contribution in [0.25, 0.3) is 11.1 Å². The quantitative estimate of drug-likeness (QED) is 0.251. The number of carbonyl (C=O) groups excluding carboxylic acids is 2. The van der Waals surface area contributed by atoms with E-state index in [0.717, 1.165) is 63.0 Å². The van der Waals surface area contributed by atoms with Crippen molar-refractivity contribution < 1.29 is 12.7 Å². The first-order valence-electron chi connectivity index (χ1n) is 11.6. The third kappa shape index (κ3) is 4.82. The summed E-state index contributed by atoms with van der Waals surface area (Å²) in [6, 6.07) is 13.2. The van der Waals surface area contributed by atoms with Crippen LogP contribution in [0.5, 0.6) is 0 Å². The van der Waals surface area contributed by atoms with Crippen molar-refractivity contribution in [1.29, 1.82) is 0 Å². The Balaban J connectivity index is 1.94. The number of ketones is 1. The van der Waals surface area contributed by atoms with Crippen molar-refractivity contribution in [3.05, 3.63) is 59.2 Å². The molecule has 30 heavy (non-hydrogen) atoms. The van der Waals surface area contributed by atoms with Crippen molar-refractivity contribution in [3.63, 3.8) is 0 Å². The van der Waals surface area contributed by atoms with Gasteiger partial charge in [0.2, 0.25) is 0 Å². The Bertz CT molecular complexity index is 881. The molecule has 0 amide bonds. The molecule has 2 aromatic rings. The molecule has 0 unspecified atom stereocenters. The van der Waals surface area contributed by atoms with E-state index >= 15 is 0 Å². The second-order valence-electron chi connectivity index (χ2n) is 8.49. The number of fused-ring (bicyclic) bond motifs is 3. The monoisotopic (exact) mass is 514 g/mol. The average Bonchev–Trinajstić information content (AvgIpc) is 3.07. The topological polar surface area (TPSA) is 43.4 Å². The van der Waals surface area contributed by atoms with E-state index < -0.39 is 18.8 Å². The molecule has 0 aromatic heterocycles. The average molecular weight is 513 g/mol. The Morgan fingerprint density at radius 3 is 1.87 bits per heavy atom. The van der Waals surface area contributed by atoms with E-state index in [9.17, 15) is 9.59 Å². The van der Waals surface area contributed by atoms with E-state index in [-0.39, 0.29) is 11.8 Å². The zero-order chi connectivity index (χ0) is 21.6. The summed E-state index contributed by atoms with van der Waals surface area (Å²) in [4.78, 5) is 26.6. The van der Waals surface area contributed by atoms with Crippen LogP contribution in [0.3, 0.4) is 0 Å². The van der Waals surface area contributed by atoms with Gasteiger partial charge < -0.3 is 0 Å². The third-order valence-corrected chi connectivity index (χ3v) is 18.8. The summed E-state index contributed by atoms with van der Waals surface area (Å²) in [7, 11) is 0. The Hall–Kier alpha value is -1.62. The van der Waals surface area contributed by atoms with Gasteiger partial charge in [0.15, 0.2) is 0 Å². The van der Waals surface area contributed by atoms with Crippen LogP contribution < -0.4 is 0 Å². The number of rotatable bonds is 11. The molecule has 2 aromatic carbocycles. The number of hydrogen-bond acceptors (Lipinski definition) is 3. The van der Waals surface area contributed by atoms with Gasteiger partial charge in [0, 0.05) is 0 Å². The van der Waals surface area contributed by atoms with Gasteiger partial charge in [-0.15, -0.1) is 0 Å². The maximum absolute atomic E-state index is 13.5. The Kier molecular flexibility index (Phi) is 8.15. The molecule has 0 saturated carbocycles. The van der Waals surface area contributed by atoms with E-state index in [2.05, 4.69) is 20.8 Å². The van der Waals surface area contributed by atoms with Gasteiger partial charge in [0.05, 0.1) is 0 Å². The van der Waals surface area contributed by atoms with Gasteiger partial charge in [-0.25, -0.2) is 0 Å². The van der Waals surface area contributed by atoms with Crippen molar-refractivity contribution in [3.8, 4) is 11.1 Å². The molecule has 0 radical (unpaired) electrons. The summed E-state index contributed by atoms with van der Waals surface area (Å²) in [5.41, 5.74) is 3.46. The first kappa shape index (κ1) is 23.1. The number of carbonyl (C=O) groups is 2. The summed E-state index contributed by atoms with van der Waals surface area (Å²) in [6.07, 6.45) is 6.78. The van der Waals surface area contributed by atoms with Crippen LogP contribution in [-0.4, -0.2) is 30.5 Å². The van der Waals surface area contributed by atoms with E-state index in [0.29, 0.717) is 16.7 Å². The van der Waals surface area contributed by atoms with Crippen LogP contribution in [0.15, 0.2) is 42.5 Å². The molecule has 0 atom stereocenters. The fraction of sp³-hybridized carbons (Fsp3) is 0.462. The molecule has 0 spiro atoms. The molecule has 1 aliphatic carbocycles. The van der Waals surface area contributed by atoms with Gasteiger partial charge in [0.25, 0.3) is 0 Å². The van der Waals surface area contributed by atoms with Crippen molar-refractivity contribution in [2.24, 2.45) is 0 Å². The van der Waals surface area contributed by atoms with Gasteiger partial charge in [0.1, 0.15) is 0 Å². The van der Waals surface area contributed by atoms with E-state index in [1.54, 1.807) is 6.07 Å². The van der Waals surface area contributed by atoms with Crippen molar-refractivity contribution >= 4 is 30.5 Å². The van der Waals surface area contributed by atoms with Crippen LogP contribution in [0.1, 0.15) is 85.6 Å². The third-order valence-electron chi connectivity index (χ3n) is 6.24. The summed E-state index contributed by atoms with van der Waals surface area (Å²) in [6.45, 7) is 6.62. The summed E-state index contributed by atoms with van der Waals surface area (Å²) >= 11 is -3.10. The van der Waals surface area contributed by atoms with Crippen LogP contribution in [0, 0.1) is 0 Å². The minimum absolute atomic E-state index is 0.0513. The van der Waals surface area contributed by atoms with E-state index in [1.165, 1.54) is 0 Å². The van der Waals surface area contributed by atoms with Crippen molar-refractivity contribution in [2.45, 2.75) is 72.6 Å². The standard InChI is InChI=1S/C14H8O3.3C4H9.Sn/c15-13-10-5-2-1-4-8(10)9-6-3-7-11(12(9)13)14(16)17;3*1-3-4-2;/h1-7H,(H,16,17);3*1,3-4H2,2H3;/q;;;;+1/p-1. The molecular formula is C26H34O3Sn. The number of unbranched alkanes of at least 4 members (excludes halogenated alkanes) is 3. The predicted molar refractivity (Wildman–Crippen MR) is 126 cm³/mol. The van der Waals surface area contributed by atoms with Gasteiger partial charge in [-0.3, -0.25) is 0 Å². The first-order chi connectivity index (χ1) is 14.6. The molecule has 160 valence electrons. The SMILES string of the molecule is CCC[CH2][Sn]([CH2]CCC)([CH2]CCC)[O]C(=O)c1cccc2c1C(=O)c1ccccc1-2. The van der Waals surface area contributed by atoms with Crippen LogP contribution >= 0.6 is 0 Å². The fourth-order valence-corrected chi connectivity index (χ4v) is 17.5. The van der Waals surface area contributed by atoms with Crippen molar-refractivity contribution in [1.82, 2.24) is 0 Å². The van der Waals surface area contributed by atoms with Gasteiger partial charge in [-0.1, -0.05) is 0 Å². The second-order valence-corrected chi connectivity index (χ2v) is 20.1. The Morgan fingerprint density at radius 1 is 0.767 bits per heavy atom. The zero-order valence-corrected chi connectivity index (χ0v) is 21.5. The molecule has 3 nitrogen and oxygen atoms in total. The van der Waals surface area contributed by atoms with Crippen molar-refractivity contribution in [2.75, 3.05) is 0 Å². The molecule has 0 bridgehead atoms. The predicted octanol–water partition coefficient (Wildman–Crippen LogP) is 7.40. The van der Waals surface area contributed by atoms with Gasteiger partial charge in [-0.05, 0) is 0 Å². The van der Waals surface area contributed by atoms with E-state index in [1.807, 2.05) is 36.4 Å².